The van der Waals surface area contributed by atoms with Gasteiger partial charge >= 0.3 is 0 Å². The third-order valence-electron chi connectivity index (χ3n) is 2.33. The van der Waals surface area contributed by atoms with E-state index in [1.165, 1.54) is 9.13 Å². The number of halogens is 1. The molecular weight excluding hydrogens is 317 g/mol. The predicted molar refractivity (Wildman–Crippen MR) is 72.2 cm³/mol. The highest BCUT2D eigenvalue weighted by Crippen LogP contribution is 2.09. The molecule has 0 bridgehead atoms. The van der Waals surface area contributed by atoms with E-state index in [1.807, 2.05) is 6.92 Å². The van der Waals surface area contributed by atoms with E-state index in [2.05, 4.69) is 52.2 Å². The molecule has 0 saturated carbocycles. The van der Waals surface area contributed by atoms with Gasteiger partial charge in [-0.2, -0.15) is 0 Å². The van der Waals surface area contributed by atoms with Crippen LogP contribution < -0.4 is 5.32 Å². The highest BCUT2D eigenvalue weighted by molar-refractivity contribution is 14.1. The van der Waals surface area contributed by atoms with Crippen molar-refractivity contribution in [3.63, 3.8) is 0 Å². The van der Waals surface area contributed by atoms with Crippen molar-refractivity contribution < 1.29 is 9.90 Å². The van der Waals surface area contributed by atoms with E-state index in [9.17, 15) is 4.79 Å². The molecule has 0 unspecified atom stereocenters. The summed E-state index contributed by atoms with van der Waals surface area (Å²) in [5.74, 6) is -0.310. The number of benzene rings is 1. The van der Waals surface area contributed by atoms with E-state index < -0.39 is 6.61 Å². The quantitative estimate of drug-likeness (QED) is 0.806. The fourth-order valence-electron chi connectivity index (χ4n) is 1.43. The van der Waals surface area contributed by atoms with Crippen LogP contribution in [0.4, 0.5) is 0 Å². The van der Waals surface area contributed by atoms with Crippen molar-refractivity contribution in [3.05, 3.63) is 33.4 Å². The average molecular weight is 333 g/mol. The first-order valence-corrected chi connectivity index (χ1v) is 6.34. The van der Waals surface area contributed by atoms with Gasteiger partial charge in [0.15, 0.2) is 0 Å². The standard InChI is InChI=1S/C12H16INO2/c1-9(14-12(16)8-15)2-3-10-4-6-11(13)7-5-10/h4-7,9,15H,2-3,8H2,1H3,(H,14,16)/t9-/m0/s1. The molecule has 0 spiro atoms. The summed E-state index contributed by atoms with van der Waals surface area (Å²) in [5, 5.41) is 11.3. The molecule has 0 aliphatic carbocycles. The van der Waals surface area contributed by atoms with E-state index in [1.54, 1.807) is 0 Å². The zero-order chi connectivity index (χ0) is 12.0. The number of carbonyl (C=O) groups excluding carboxylic acids is 1. The van der Waals surface area contributed by atoms with Gasteiger partial charge in [0.2, 0.25) is 5.91 Å². The molecule has 1 amide bonds. The Labute approximate surface area is 109 Å². The lowest BCUT2D eigenvalue weighted by Gasteiger charge is -2.12. The van der Waals surface area contributed by atoms with Crippen LogP contribution in [-0.2, 0) is 11.2 Å². The summed E-state index contributed by atoms with van der Waals surface area (Å²) in [4.78, 5) is 10.9. The zero-order valence-corrected chi connectivity index (χ0v) is 11.4. The van der Waals surface area contributed by atoms with Crippen LogP contribution in [0.3, 0.4) is 0 Å². The van der Waals surface area contributed by atoms with Crippen LogP contribution in [0.5, 0.6) is 0 Å². The van der Waals surface area contributed by atoms with Gasteiger partial charge in [-0.15, -0.1) is 0 Å². The number of rotatable bonds is 5. The Bertz CT molecular complexity index is 337. The second kappa shape index (κ2) is 6.85. The normalized spacial score (nSPS) is 12.2. The van der Waals surface area contributed by atoms with E-state index in [0.717, 1.165) is 12.8 Å². The summed E-state index contributed by atoms with van der Waals surface area (Å²) in [6.45, 7) is 1.51. The van der Waals surface area contributed by atoms with Crippen LogP contribution in [0.25, 0.3) is 0 Å². The van der Waals surface area contributed by atoms with Crippen molar-refractivity contribution in [1.29, 1.82) is 0 Å². The lowest BCUT2D eigenvalue weighted by atomic mass is 10.1. The number of hydrogen-bond acceptors (Lipinski definition) is 2. The summed E-state index contributed by atoms with van der Waals surface area (Å²) < 4.78 is 1.22. The molecule has 1 rings (SSSR count). The Kier molecular flexibility index (Phi) is 5.76. The Hall–Kier alpha value is -0.620. The van der Waals surface area contributed by atoms with E-state index in [-0.39, 0.29) is 11.9 Å². The average Bonchev–Trinajstić information content (AvgIpc) is 2.28. The second-order valence-corrected chi connectivity index (χ2v) is 5.04. The highest BCUT2D eigenvalue weighted by Gasteiger charge is 2.05. The molecule has 1 aromatic carbocycles. The molecule has 0 heterocycles. The molecule has 16 heavy (non-hydrogen) atoms. The summed E-state index contributed by atoms with van der Waals surface area (Å²) in [6, 6.07) is 8.45. The largest absolute Gasteiger partial charge is 0.387 e. The van der Waals surface area contributed by atoms with Gasteiger partial charge < -0.3 is 10.4 Å². The van der Waals surface area contributed by atoms with Crippen molar-refractivity contribution in [3.8, 4) is 0 Å². The molecule has 1 aromatic rings. The molecule has 0 fully saturated rings. The first-order chi connectivity index (χ1) is 7.61. The number of aliphatic hydroxyl groups is 1. The van der Waals surface area contributed by atoms with Crippen LogP contribution in [0.15, 0.2) is 24.3 Å². The minimum absolute atomic E-state index is 0.0962. The molecule has 0 radical (unpaired) electrons. The topological polar surface area (TPSA) is 49.3 Å². The van der Waals surface area contributed by atoms with Crippen LogP contribution in [0.1, 0.15) is 18.9 Å². The van der Waals surface area contributed by atoms with Crippen molar-refractivity contribution >= 4 is 28.5 Å². The van der Waals surface area contributed by atoms with Crippen molar-refractivity contribution in [1.82, 2.24) is 5.32 Å². The third kappa shape index (κ3) is 4.94. The number of amides is 1. The molecule has 4 heteroatoms. The maximum absolute atomic E-state index is 10.9. The summed E-state index contributed by atoms with van der Waals surface area (Å²) in [6.07, 6.45) is 1.82. The Morgan fingerprint density at radius 3 is 2.62 bits per heavy atom. The lowest BCUT2D eigenvalue weighted by molar-refractivity contribution is -0.124. The first-order valence-electron chi connectivity index (χ1n) is 5.26. The van der Waals surface area contributed by atoms with E-state index in [0.29, 0.717) is 0 Å². The fourth-order valence-corrected chi connectivity index (χ4v) is 1.79. The summed E-state index contributed by atoms with van der Waals surface area (Å²) in [5.41, 5.74) is 1.27. The van der Waals surface area contributed by atoms with Gasteiger partial charge in [-0.05, 0) is 60.1 Å². The molecule has 0 aliphatic rings. The molecule has 0 aliphatic heterocycles. The van der Waals surface area contributed by atoms with Crippen molar-refractivity contribution in [2.75, 3.05) is 6.61 Å². The lowest BCUT2D eigenvalue weighted by Crippen LogP contribution is -2.34. The van der Waals surface area contributed by atoms with Gasteiger partial charge in [0.05, 0.1) is 0 Å². The number of carbonyl (C=O) groups is 1. The Morgan fingerprint density at radius 1 is 1.44 bits per heavy atom. The van der Waals surface area contributed by atoms with Gasteiger partial charge in [-0.3, -0.25) is 4.79 Å². The Morgan fingerprint density at radius 2 is 2.06 bits per heavy atom. The highest BCUT2D eigenvalue weighted by atomic mass is 127. The molecule has 2 N–H and O–H groups in total. The second-order valence-electron chi connectivity index (χ2n) is 3.79. The fraction of sp³-hybridized carbons (Fsp3) is 0.417. The van der Waals surface area contributed by atoms with Crippen LogP contribution >= 0.6 is 22.6 Å². The van der Waals surface area contributed by atoms with Crippen LogP contribution in [0, 0.1) is 3.57 Å². The molecule has 88 valence electrons. The SMILES string of the molecule is C[C@@H](CCc1ccc(I)cc1)NC(=O)CO. The minimum atomic E-state index is -0.437. The maximum atomic E-state index is 10.9. The van der Waals surface area contributed by atoms with Gasteiger partial charge in [0.1, 0.15) is 6.61 Å². The number of aryl methyl sites for hydroxylation is 1. The van der Waals surface area contributed by atoms with Crippen molar-refractivity contribution in [2.45, 2.75) is 25.8 Å². The van der Waals surface area contributed by atoms with E-state index in [4.69, 9.17) is 5.11 Å². The van der Waals surface area contributed by atoms with Gasteiger partial charge in [-0.1, -0.05) is 12.1 Å². The predicted octanol–water partition coefficient (Wildman–Crippen LogP) is 1.72. The zero-order valence-electron chi connectivity index (χ0n) is 9.24. The van der Waals surface area contributed by atoms with E-state index >= 15 is 0 Å². The van der Waals surface area contributed by atoms with Crippen LogP contribution in [-0.4, -0.2) is 23.7 Å². The molecular formula is C12H16INO2. The smallest absolute Gasteiger partial charge is 0.245 e. The van der Waals surface area contributed by atoms with Gasteiger partial charge in [-0.25, -0.2) is 0 Å². The molecule has 0 aromatic heterocycles. The summed E-state index contributed by atoms with van der Waals surface area (Å²) in [7, 11) is 0. The number of aliphatic hydroxyl groups excluding tert-OH is 1. The minimum Gasteiger partial charge on any atom is -0.387 e. The van der Waals surface area contributed by atoms with Crippen molar-refractivity contribution in [2.24, 2.45) is 0 Å². The maximum Gasteiger partial charge on any atom is 0.245 e. The van der Waals surface area contributed by atoms with Gasteiger partial charge in [0, 0.05) is 9.61 Å². The van der Waals surface area contributed by atoms with Gasteiger partial charge in [0.25, 0.3) is 0 Å². The number of hydrogen-bond donors (Lipinski definition) is 2. The number of nitrogens with one attached hydrogen (secondary N) is 1. The van der Waals surface area contributed by atoms with Crippen LogP contribution in [0.2, 0.25) is 0 Å². The monoisotopic (exact) mass is 333 g/mol. The third-order valence-corrected chi connectivity index (χ3v) is 3.05. The molecule has 3 nitrogen and oxygen atoms in total. The Balaban J connectivity index is 2.34. The molecule has 1 atom stereocenters. The molecule has 0 saturated heterocycles. The first kappa shape index (κ1) is 13.4. The summed E-state index contributed by atoms with van der Waals surface area (Å²) >= 11 is 2.27.